The molecule has 0 spiro atoms. The minimum atomic E-state index is -0.842. The minimum Gasteiger partial charge on any atom is -0.474 e. The number of benzene rings is 3. The maximum absolute atomic E-state index is 13.1. The number of nitrogens with zero attached hydrogens (tertiary/aromatic N) is 3. The highest BCUT2D eigenvalue weighted by Crippen LogP contribution is 2.27. The van der Waals surface area contributed by atoms with E-state index in [4.69, 9.17) is 14.5 Å². The van der Waals surface area contributed by atoms with Crippen LogP contribution in [0.3, 0.4) is 0 Å². The molecule has 1 saturated carbocycles. The Balaban J connectivity index is 1.36. The molecule has 0 bridgehead atoms. The van der Waals surface area contributed by atoms with Gasteiger partial charge in [0, 0.05) is 37.3 Å². The molecular weight excluding hydrogens is 552 g/mol. The number of anilines is 1. The van der Waals surface area contributed by atoms with Gasteiger partial charge in [-0.15, -0.1) is 0 Å². The molecule has 2 amide bonds. The zero-order valence-corrected chi connectivity index (χ0v) is 26.1. The van der Waals surface area contributed by atoms with Gasteiger partial charge in [0.15, 0.2) is 0 Å². The second-order valence-corrected chi connectivity index (χ2v) is 11.5. The Morgan fingerprint density at radius 2 is 1.75 bits per heavy atom. The van der Waals surface area contributed by atoms with E-state index >= 15 is 0 Å². The Hall–Kier alpha value is -4.33. The zero-order valence-electron chi connectivity index (χ0n) is 26.1. The van der Waals surface area contributed by atoms with Gasteiger partial charge in [-0.1, -0.05) is 75.1 Å². The van der Waals surface area contributed by atoms with Gasteiger partial charge in [0.05, 0.1) is 17.6 Å². The molecule has 8 heteroatoms. The highest BCUT2D eigenvalue weighted by atomic mass is 16.6. The van der Waals surface area contributed by atoms with Crippen molar-refractivity contribution in [3.63, 3.8) is 0 Å². The van der Waals surface area contributed by atoms with Gasteiger partial charge in [-0.25, -0.2) is 14.6 Å². The molecule has 44 heavy (non-hydrogen) atoms. The van der Waals surface area contributed by atoms with Crippen molar-refractivity contribution in [2.24, 2.45) is 0 Å². The van der Waals surface area contributed by atoms with Crippen molar-refractivity contribution in [1.82, 2.24) is 14.9 Å². The number of urea groups is 1. The van der Waals surface area contributed by atoms with E-state index < -0.39 is 12.1 Å². The number of hydrogen-bond acceptors (Lipinski definition) is 5. The molecule has 0 aliphatic heterocycles. The van der Waals surface area contributed by atoms with Crippen LogP contribution in [0.2, 0.25) is 0 Å². The summed E-state index contributed by atoms with van der Waals surface area (Å²) in [6.07, 6.45) is 7.84. The molecule has 4 aromatic rings. The normalized spacial score (nSPS) is 14.2. The number of aromatic nitrogens is 2. The van der Waals surface area contributed by atoms with E-state index in [1.54, 1.807) is 11.8 Å². The standard InChI is InChI=1S/C36H44N4O4/c1-4-6-17-33-38-31-23-20-29(39(3)36(42)37-28-15-11-8-12-16-28)24-32(31)40(33)25-26-18-21-30(22-19-26)44-34(35(41)43-5-2)27-13-9-7-10-14-27/h7,9-10,13-14,18-24,28,34H,4-6,8,11-12,15-17,25H2,1-3H3,(H,37,42). The first-order valence-electron chi connectivity index (χ1n) is 16.0. The van der Waals surface area contributed by atoms with Crippen LogP contribution in [0, 0.1) is 0 Å². The number of esters is 1. The number of fused-ring (bicyclic) bond motifs is 1. The number of carbonyl (C=O) groups excluding carboxylic acids is 2. The van der Waals surface area contributed by atoms with Crippen LogP contribution < -0.4 is 15.0 Å². The van der Waals surface area contributed by atoms with Crippen molar-refractivity contribution < 1.29 is 19.1 Å². The lowest BCUT2D eigenvalue weighted by molar-refractivity contribution is -0.151. The summed E-state index contributed by atoms with van der Waals surface area (Å²) in [7, 11) is 1.83. The molecule has 1 unspecified atom stereocenters. The predicted molar refractivity (Wildman–Crippen MR) is 174 cm³/mol. The monoisotopic (exact) mass is 596 g/mol. The number of imidazole rings is 1. The number of carbonyl (C=O) groups is 2. The molecule has 0 radical (unpaired) electrons. The molecule has 0 saturated heterocycles. The summed E-state index contributed by atoms with van der Waals surface area (Å²) >= 11 is 0. The van der Waals surface area contributed by atoms with Gasteiger partial charge in [0.25, 0.3) is 0 Å². The summed E-state index contributed by atoms with van der Waals surface area (Å²) in [6, 6.07) is 23.5. The third kappa shape index (κ3) is 7.59. The first-order valence-corrected chi connectivity index (χ1v) is 16.0. The largest absolute Gasteiger partial charge is 0.474 e. The Morgan fingerprint density at radius 3 is 2.45 bits per heavy atom. The molecular formula is C36H44N4O4. The number of unbranched alkanes of at least 4 members (excludes halogenated alkanes) is 1. The first kappa shape index (κ1) is 31.1. The van der Waals surface area contributed by atoms with Crippen molar-refractivity contribution >= 4 is 28.7 Å². The predicted octanol–water partition coefficient (Wildman–Crippen LogP) is 7.59. The van der Waals surface area contributed by atoms with Crippen molar-refractivity contribution in [3.05, 3.63) is 89.7 Å². The fourth-order valence-electron chi connectivity index (χ4n) is 5.80. The van der Waals surface area contributed by atoms with E-state index in [9.17, 15) is 9.59 Å². The van der Waals surface area contributed by atoms with Crippen LogP contribution in [0.5, 0.6) is 5.75 Å². The lowest BCUT2D eigenvalue weighted by atomic mass is 9.96. The number of rotatable bonds is 12. The number of hydrogen-bond donors (Lipinski definition) is 1. The van der Waals surface area contributed by atoms with Crippen molar-refractivity contribution in [3.8, 4) is 5.75 Å². The lowest BCUT2D eigenvalue weighted by Gasteiger charge is -2.26. The average Bonchev–Trinajstić information content (AvgIpc) is 3.40. The summed E-state index contributed by atoms with van der Waals surface area (Å²) in [4.78, 5) is 32.5. The van der Waals surface area contributed by atoms with Gasteiger partial charge in [-0.05, 0) is 62.1 Å². The SMILES string of the molecule is CCCCc1nc2ccc(N(C)C(=O)NC3CCCCC3)cc2n1Cc1ccc(OC(C(=O)OCC)c2ccccc2)cc1. The van der Waals surface area contributed by atoms with Gasteiger partial charge >= 0.3 is 12.0 Å². The first-order chi connectivity index (χ1) is 21.5. The van der Waals surface area contributed by atoms with Crippen LogP contribution in [0.25, 0.3) is 11.0 Å². The summed E-state index contributed by atoms with van der Waals surface area (Å²) < 4.78 is 13.7. The third-order valence-electron chi connectivity index (χ3n) is 8.31. The molecule has 1 aliphatic rings. The minimum absolute atomic E-state index is 0.0688. The number of ether oxygens (including phenoxy) is 2. The zero-order chi connectivity index (χ0) is 30.9. The Labute approximate surface area is 260 Å². The average molecular weight is 597 g/mol. The molecule has 1 N–H and O–H groups in total. The molecule has 1 heterocycles. The van der Waals surface area contributed by atoms with Crippen LogP contribution in [0.1, 0.15) is 81.8 Å². The maximum Gasteiger partial charge on any atom is 0.352 e. The van der Waals surface area contributed by atoms with E-state index in [0.717, 1.165) is 65.8 Å². The molecule has 1 fully saturated rings. The molecule has 232 valence electrons. The van der Waals surface area contributed by atoms with E-state index in [1.165, 1.54) is 19.3 Å². The quantitative estimate of drug-likeness (QED) is 0.170. The Morgan fingerprint density at radius 1 is 1.00 bits per heavy atom. The highest BCUT2D eigenvalue weighted by molar-refractivity contribution is 5.94. The summed E-state index contributed by atoms with van der Waals surface area (Å²) in [5.41, 5.74) is 4.58. The van der Waals surface area contributed by atoms with Crippen molar-refractivity contribution in [2.75, 3.05) is 18.6 Å². The maximum atomic E-state index is 13.1. The highest BCUT2D eigenvalue weighted by Gasteiger charge is 2.24. The van der Waals surface area contributed by atoms with Gasteiger partial charge in [0.1, 0.15) is 11.6 Å². The summed E-state index contributed by atoms with van der Waals surface area (Å²) in [5.74, 6) is 1.20. The smallest absolute Gasteiger partial charge is 0.352 e. The summed E-state index contributed by atoms with van der Waals surface area (Å²) in [6.45, 7) is 4.88. The van der Waals surface area contributed by atoms with Crippen LogP contribution in [-0.4, -0.2) is 41.2 Å². The number of nitrogens with one attached hydrogen (secondary N) is 1. The third-order valence-corrected chi connectivity index (χ3v) is 8.31. The van der Waals surface area contributed by atoms with Crippen molar-refractivity contribution in [1.29, 1.82) is 0 Å². The molecule has 8 nitrogen and oxygen atoms in total. The number of aryl methyl sites for hydroxylation is 1. The molecule has 3 aromatic carbocycles. The second kappa shape index (κ2) is 14.9. The topological polar surface area (TPSA) is 85.7 Å². The van der Waals surface area contributed by atoms with E-state index in [1.807, 2.05) is 73.8 Å². The van der Waals surface area contributed by atoms with Crippen LogP contribution >= 0.6 is 0 Å². The van der Waals surface area contributed by atoms with Gasteiger partial charge in [-0.3, -0.25) is 4.90 Å². The fraction of sp³-hybridized carbons (Fsp3) is 0.417. The molecule has 1 aliphatic carbocycles. The van der Waals surface area contributed by atoms with Crippen molar-refractivity contribution in [2.45, 2.75) is 83.9 Å². The van der Waals surface area contributed by atoms with Crippen LogP contribution in [0.4, 0.5) is 10.5 Å². The Bertz CT molecular complexity index is 1530. The van der Waals surface area contributed by atoms with E-state index in [2.05, 4.69) is 22.9 Å². The van der Waals surface area contributed by atoms with E-state index in [-0.39, 0.29) is 18.7 Å². The molecule has 5 rings (SSSR count). The fourth-order valence-corrected chi connectivity index (χ4v) is 5.80. The van der Waals surface area contributed by atoms with Crippen LogP contribution in [-0.2, 0) is 22.5 Å². The second-order valence-electron chi connectivity index (χ2n) is 11.5. The Kier molecular flexibility index (Phi) is 10.5. The van der Waals surface area contributed by atoms with Gasteiger partial charge < -0.3 is 19.4 Å². The van der Waals surface area contributed by atoms with Crippen LogP contribution in [0.15, 0.2) is 72.8 Å². The number of amides is 2. The van der Waals surface area contributed by atoms with E-state index in [0.29, 0.717) is 12.3 Å². The van der Waals surface area contributed by atoms with Gasteiger partial charge in [0.2, 0.25) is 6.10 Å². The van der Waals surface area contributed by atoms with Gasteiger partial charge in [-0.2, -0.15) is 0 Å². The lowest BCUT2D eigenvalue weighted by Crippen LogP contribution is -2.43. The molecule has 1 aromatic heterocycles. The molecule has 1 atom stereocenters. The summed E-state index contributed by atoms with van der Waals surface area (Å²) in [5, 5.41) is 3.22.